The first-order valence-corrected chi connectivity index (χ1v) is 4.68. The van der Waals surface area contributed by atoms with Crippen molar-refractivity contribution in [2.45, 2.75) is 32.7 Å². The molecule has 0 saturated carbocycles. The van der Waals surface area contributed by atoms with Gasteiger partial charge in [0.25, 0.3) is 0 Å². The fourth-order valence-corrected chi connectivity index (χ4v) is 0.763. The normalized spacial score (nSPS) is 14.8. The zero-order valence-corrected chi connectivity index (χ0v) is 8.53. The van der Waals surface area contributed by atoms with E-state index >= 15 is 0 Å². The van der Waals surface area contributed by atoms with E-state index < -0.39 is 0 Å². The molecule has 0 aliphatic heterocycles. The van der Waals surface area contributed by atoms with Gasteiger partial charge in [-0.2, -0.15) is 0 Å². The van der Waals surface area contributed by atoms with Crippen molar-refractivity contribution >= 4 is 6.21 Å². The van der Waals surface area contributed by atoms with E-state index in [1.54, 1.807) is 6.08 Å². The molecule has 0 aromatic carbocycles. The molecule has 1 atom stereocenters. The van der Waals surface area contributed by atoms with Gasteiger partial charge in [-0.1, -0.05) is 25.7 Å². The fraction of sp³-hybridized carbons (Fsp3) is 0.545. The second kappa shape index (κ2) is 7.74. The second-order valence-corrected chi connectivity index (χ2v) is 2.97. The molecule has 0 rings (SSSR count). The first kappa shape index (κ1) is 12.1. The Kier molecular flexibility index (Phi) is 7.21. The third-order valence-electron chi connectivity index (χ3n) is 1.88. The van der Waals surface area contributed by atoms with Crippen molar-refractivity contribution in [3.05, 3.63) is 24.3 Å². The Labute approximate surface area is 80.7 Å². The number of nitrogens with zero attached hydrogens (tertiary/aromatic N) is 1. The Morgan fingerprint density at radius 1 is 1.62 bits per heavy atom. The van der Waals surface area contributed by atoms with Crippen molar-refractivity contribution in [1.29, 1.82) is 0 Å². The second-order valence-electron chi connectivity index (χ2n) is 2.97. The number of rotatable bonds is 6. The summed E-state index contributed by atoms with van der Waals surface area (Å²) < 4.78 is 0. The van der Waals surface area contributed by atoms with Crippen LogP contribution in [-0.4, -0.2) is 24.0 Å². The molecular formula is C11H19NO. The lowest BCUT2D eigenvalue weighted by atomic mass is 10.2. The summed E-state index contributed by atoms with van der Waals surface area (Å²) in [6.45, 7) is 7.84. The molecule has 0 aliphatic rings. The lowest BCUT2D eigenvalue weighted by Gasteiger charge is -1.98. The van der Waals surface area contributed by atoms with Crippen LogP contribution in [0.15, 0.2) is 29.3 Å². The van der Waals surface area contributed by atoms with Crippen LogP contribution < -0.4 is 0 Å². The van der Waals surface area contributed by atoms with E-state index in [2.05, 4.69) is 25.4 Å². The van der Waals surface area contributed by atoms with Crippen molar-refractivity contribution in [2.24, 2.45) is 4.99 Å². The van der Waals surface area contributed by atoms with Crippen LogP contribution in [0.3, 0.4) is 0 Å². The summed E-state index contributed by atoms with van der Waals surface area (Å²) in [6, 6.07) is 0.398. The van der Waals surface area contributed by atoms with Gasteiger partial charge in [0.1, 0.15) is 0 Å². The van der Waals surface area contributed by atoms with Gasteiger partial charge >= 0.3 is 0 Å². The first-order chi connectivity index (χ1) is 6.24. The van der Waals surface area contributed by atoms with E-state index in [0.29, 0.717) is 6.04 Å². The van der Waals surface area contributed by atoms with Crippen molar-refractivity contribution in [1.82, 2.24) is 0 Å². The summed E-state index contributed by atoms with van der Waals surface area (Å²) in [4.78, 5) is 4.30. The molecule has 0 saturated heterocycles. The molecule has 1 unspecified atom stereocenters. The molecule has 13 heavy (non-hydrogen) atoms. The summed E-state index contributed by atoms with van der Waals surface area (Å²) in [5.41, 5.74) is 0.857. The monoisotopic (exact) mass is 181 g/mol. The van der Waals surface area contributed by atoms with E-state index in [-0.39, 0.29) is 6.61 Å². The van der Waals surface area contributed by atoms with Crippen LogP contribution in [0, 0.1) is 0 Å². The van der Waals surface area contributed by atoms with Gasteiger partial charge in [-0.25, -0.2) is 0 Å². The lowest BCUT2D eigenvalue weighted by Crippen LogP contribution is -1.94. The van der Waals surface area contributed by atoms with Crippen molar-refractivity contribution in [3.8, 4) is 0 Å². The summed E-state index contributed by atoms with van der Waals surface area (Å²) in [6.07, 6.45) is 7.31. The Morgan fingerprint density at radius 3 is 2.77 bits per heavy atom. The zero-order valence-electron chi connectivity index (χ0n) is 8.53. The van der Waals surface area contributed by atoms with Gasteiger partial charge in [0.2, 0.25) is 0 Å². The maximum Gasteiger partial charge on any atom is 0.0678 e. The molecule has 0 aromatic rings. The van der Waals surface area contributed by atoms with Crippen molar-refractivity contribution in [2.75, 3.05) is 6.61 Å². The topological polar surface area (TPSA) is 32.6 Å². The number of hydrogen-bond donors (Lipinski definition) is 1. The Hall–Kier alpha value is -0.890. The average Bonchev–Trinajstić information content (AvgIpc) is 2.18. The molecule has 74 valence electrons. The molecule has 0 spiro atoms. The van der Waals surface area contributed by atoms with E-state index in [1.165, 1.54) is 0 Å². The van der Waals surface area contributed by atoms with Gasteiger partial charge < -0.3 is 5.11 Å². The Morgan fingerprint density at radius 2 is 2.31 bits per heavy atom. The third kappa shape index (κ3) is 6.29. The number of aliphatic hydroxyl groups is 1. The summed E-state index contributed by atoms with van der Waals surface area (Å²) in [7, 11) is 0. The molecule has 0 fully saturated rings. The van der Waals surface area contributed by atoms with Crippen LogP contribution in [0.5, 0.6) is 0 Å². The highest BCUT2D eigenvalue weighted by molar-refractivity contribution is 5.60. The molecule has 0 amide bonds. The molecule has 0 radical (unpaired) electrons. The minimum absolute atomic E-state index is 0.0562. The number of aliphatic hydroxyl groups excluding tert-OH is 1. The number of hydrogen-bond acceptors (Lipinski definition) is 2. The number of allylic oxidation sites excluding steroid dienone is 1. The minimum atomic E-state index is 0.0562. The highest BCUT2D eigenvalue weighted by Gasteiger charge is 1.90. The highest BCUT2D eigenvalue weighted by Crippen LogP contribution is 1.97. The maximum atomic E-state index is 8.80. The minimum Gasteiger partial charge on any atom is -0.392 e. The van der Waals surface area contributed by atoms with Crippen molar-refractivity contribution in [3.63, 3.8) is 0 Å². The molecule has 2 heteroatoms. The summed E-state index contributed by atoms with van der Waals surface area (Å²) >= 11 is 0. The van der Waals surface area contributed by atoms with E-state index in [1.807, 2.05) is 12.3 Å². The van der Waals surface area contributed by atoms with Crippen molar-refractivity contribution < 1.29 is 5.11 Å². The Balaban J connectivity index is 3.82. The average molecular weight is 181 g/mol. The molecule has 0 aliphatic carbocycles. The molecule has 0 bridgehead atoms. The standard InChI is InChI=1S/C11H19NO/c1-4-10(3)12-8-6-7-11(5-2)9-13/h5,7-8,10,13H,2,4,6,9H2,1,3H3/b11-7+,12-8-. The lowest BCUT2D eigenvalue weighted by molar-refractivity contribution is 0.335. The van der Waals surface area contributed by atoms with Crippen LogP contribution in [0.4, 0.5) is 0 Å². The van der Waals surface area contributed by atoms with Gasteiger partial charge in [0.15, 0.2) is 0 Å². The molecule has 1 N–H and O–H groups in total. The van der Waals surface area contributed by atoms with Crippen LogP contribution >= 0.6 is 0 Å². The SMILES string of the molecule is C=C/C(=C\C/C=N\C(C)CC)CO. The molecule has 2 nitrogen and oxygen atoms in total. The van der Waals surface area contributed by atoms with E-state index in [0.717, 1.165) is 18.4 Å². The molecule has 0 heterocycles. The fourth-order valence-electron chi connectivity index (χ4n) is 0.763. The van der Waals surface area contributed by atoms with E-state index in [9.17, 15) is 0 Å². The maximum absolute atomic E-state index is 8.80. The van der Waals surface area contributed by atoms with Gasteiger partial charge in [-0.05, 0) is 18.9 Å². The molecular weight excluding hydrogens is 162 g/mol. The largest absolute Gasteiger partial charge is 0.392 e. The van der Waals surface area contributed by atoms with Crippen LogP contribution in [0.25, 0.3) is 0 Å². The van der Waals surface area contributed by atoms with Gasteiger partial charge in [0.05, 0.1) is 6.61 Å². The van der Waals surface area contributed by atoms with Crippen LogP contribution in [0.1, 0.15) is 26.7 Å². The summed E-state index contributed by atoms with van der Waals surface area (Å²) in [5.74, 6) is 0. The van der Waals surface area contributed by atoms with Gasteiger partial charge in [0, 0.05) is 18.7 Å². The number of aliphatic imine (C=N–C) groups is 1. The Bertz CT molecular complexity index is 194. The van der Waals surface area contributed by atoms with Crippen LogP contribution in [-0.2, 0) is 0 Å². The van der Waals surface area contributed by atoms with Crippen LogP contribution in [0.2, 0.25) is 0 Å². The van der Waals surface area contributed by atoms with E-state index in [4.69, 9.17) is 5.11 Å². The van der Waals surface area contributed by atoms with Gasteiger partial charge in [-0.15, -0.1) is 0 Å². The molecule has 0 aromatic heterocycles. The highest BCUT2D eigenvalue weighted by atomic mass is 16.3. The quantitative estimate of drug-likeness (QED) is 0.495. The predicted molar refractivity (Wildman–Crippen MR) is 58.2 cm³/mol. The summed E-state index contributed by atoms with van der Waals surface area (Å²) in [5, 5.41) is 8.80. The predicted octanol–water partition coefficient (Wildman–Crippen LogP) is 2.35. The zero-order chi connectivity index (χ0) is 10.1. The first-order valence-electron chi connectivity index (χ1n) is 4.68. The van der Waals surface area contributed by atoms with Gasteiger partial charge in [-0.3, -0.25) is 4.99 Å². The smallest absolute Gasteiger partial charge is 0.0678 e. The third-order valence-corrected chi connectivity index (χ3v) is 1.88.